The van der Waals surface area contributed by atoms with Gasteiger partial charge in [-0.05, 0) is 13.8 Å². The van der Waals surface area contributed by atoms with Crippen molar-refractivity contribution in [1.29, 1.82) is 10.5 Å². The highest BCUT2D eigenvalue weighted by Gasteiger charge is 2.23. The fourth-order valence-electron chi connectivity index (χ4n) is 1.55. The average Bonchev–Trinajstić information content (AvgIpc) is 2.44. The number of carbonyl (C=O) groups excluding carboxylic acids is 2. The van der Waals surface area contributed by atoms with E-state index in [4.69, 9.17) is 20.0 Å². The zero-order valence-electron chi connectivity index (χ0n) is 10.4. The Morgan fingerprint density at radius 1 is 0.850 bits per heavy atom. The molecule has 0 aliphatic heterocycles. The first-order valence-corrected chi connectivity index (χ1v) is 5.07. The molecule has 0 N–H and O–H groups in total. The van der Waals surface area contributed by atoms with E-state index in [1.54, 1.807) is 13.8 Å². The lowest BCUT2D eigenvalue weighted by molar-refractivity contribution is 0.488. The third-order valence-corrected chi connectivity index (χ3v) is 2.51. The molecule has 1 aromatic rings. The summed E-state index contributed by atoms with van der Waals surface area (Å²) in [5, 5.41) is 17.2. The van der Waals surface area contributed by atoms with E-state index >= 15 is 0 Å². The van der Waals surface area contributed by atoms with Crippen LogP contribution in [0.1, 0.15) is 11.1 Å². The van der Waals surface area contributed by atoms with Crippen molar-refractivity contribution in [2.45, 2.75) is 13.8 Å². The molecule has 0 radical (unpaired) electrons. The summed E-state index contributed by atoms with van der Waals surface area (Å²) in [4.78, 5) is 27.6. The Balaban J connectivity index is 3.92. The molecular weight excluding hydrogens is 264 g/mol. The van der Waals surface area contributed by atoms with E-state index in [1.165, 1.54) is 24.7 Å². The van der Waals surface area contributed by atoms with Gasteiger partial charge in [0.1, 0.15) is 0 Å². The molecule has 0 unspecified atom stereocenters. The fraction of sp³-hybridized carbons (Fsp3) is 0.167. The number of isocyanates is 2. The normalized spacial score (nSPS) is 8.40. The highest BCUT2D eigenvalue weighted by Crippen LogP contribution is 2.48. The van der Waals surface area contributed by atoms with E-state index in [9.17, 15) is 9.59 Å². The summed E-state index contributed by atoms with van der Waals surface area (Å²) in [7, 11) is 0. The van der Waals surface area contributed by atoms with Crippen molar-refractivity contribution in [2.75, 3.05) is 0 Å². The first-order chi connectivity index (χ1) is 9.62. The highest BCUT2D eigenvalue weighted by molar-refractivity contribution is 5.83. The zero-order chi connectivity index (χ0) is 15.1. The predicted molar refractivity (Wildman–Crippen MR) is 64.0 cm³/mol. The first-order valence-electron chi connectivity index (χ1n) is 5.07. The quantitative estimate of drug-likeness (QED) is 0.467. The van der Waals surface area contributed by atoms with Crippen molar-refractivity contribution in [1.82, 2.24) is 0 Å². The van der Waals surface area contributed by atoms with Gasteiger partial charge in [0.15, 0.2) is 22.9 Å². The maximum absolute atomic E-state index is 10.5. The van der Waals surface area contributed by atoms with Crippen LogP contribution in [0.15, 0.2) is 9.98 Å². The molecule has 0 aliphatic rings. The van der Waals surface area contributed by atoms with Gasteiger partial charge in [-0.2, -0.15) is 9.98 Å². The van der Waals surface area contributed by atoms with Crippen LogP contribution in [-0.4, -0.2) is 12.2 Å². The molecule has 8 heteroatoms. The van der Waals surface area contributed by atoms with Crippen LogP contribution in [0.2, 0.25) is 0 Å². The summed E-state index contributed by atoms with van der Waals surface area (Å²) in [5.74, 6) is -0.153. The molecule has 98 valence electrons. The lowest BCUT2D eigenvalue weighted by Gasteiger charge is -2.13. The Bertz CT molecular complexity index is 667. The Labute approximate surface area is 113 Å². The molecule has 1 aromatic carbocycles. The van der Waals surface area contributed by atoms with Gasteiger partial charge in [0, 0.05) is 11.1 Å². The van der Waals surface area contributed by atoms with Gasteiger partial charge >= 0.3 is 0 Å². The molecule has 0 aliphatic carbocycles. The van der Waals surface area contributed by atoms with E-state index in [1.807, 2.05) is 0 Å². The van der Waals surface area contributed by atoms with Gasteiger partial charge in [-0.15, -0.1) is 10.5 Å². The van der Waals surface area contributed by atoms with Crippen molar-refractivity contribution in [3.63, 3.8) is 0 Å². The standard InChI is InChI=1S/C12H6N4O4/c1-7-8(2)12(20-4-14)10(16-6-18)9(15-5-17)11(7)19-3-13/h1-2H3. The van der Waals surface area contributed by atoms with Crippen LogP contribution in [-0.2, 0) is 9.59 Å². The Morgan fingerprint density at radius 2 is 1.20 bits per heavy atom. The molecule has 0 spiro atoms. The summed E-state index contributed by atoms with van der Waals surface area (Å²) >= 11 is 0. The minimum absolute atomic E-state index is 0.0763. The van der Waals surface area contributed by atoms with Crippen molar-refractivity contribution in [2.24, 2.45) is 9.98 Å². The van der Waals surface area contributed by atoms with Gasteiger partial charge in [0.25, 0.3) is 12.5 Å². The second-order valence-electron chi connectivity index (χ2n) is 3.40. The minimum Gasteiger partial charge on any atom is -0.385 e. The number of nitrogens with zero attached hydrogens (tertiary/aromatic N) is 4. The number of benzene rings is 1. The lowest BCUT2D eigenvalue weighted by Crippen LogP contribution is -1.96. The van der Waals surface area contributed by atoms with Crippen LogP contribution < -0.4 is 9.47 Å². The number of hydrogen-bond acceptors (Lipinski definition) is 8. The first kappa shape index (κ1) is 14.6. The summed E-state index contributed by atoms with van der Waals surface area (Å²) in [6, 6.07) is 0. The molecule has 0 saturated carbocycles. The van der Waals surface area contributed by atoms with E-state index < -0.39 is 0 Å². The van der Waals surface area contributed by atoms with Crippen molar-refractivity contribution < 1.29 is 19.1 Å². The van der Waals surface area contributed by atoms with Crippen LogP contribution in [0.4, 0.5) is 11.4 Å². The fourth-order valence-corrected chi connectivity index (χ4v) is 1.55. The van der Waals surface area contributed by atoms with Crippen molar-refractivity contribution in [3.05, 3.63) is 11.1 Å². The van der Waals surface area contributed by atoms with Crippen LogP contribution in [0.5, 0.6) is 11.5 Å². The molecule has 1 rings (SSSR count). The molecule has 0 heterocycles. The number of ether oxygens (including phenoxy) is 2. The van der Waals surface area contributed by atoms with Crippen LogP contribution in [0, 0.1) is 36.9 Å². The van der Waals surface area contributed by atoms with Crippen molar-refractivity contribution in [3.8, 4) is 24.0 Å². The number of hydrogen-bond donors (Lipinski definition) is 0. The Kier molecular flexibility index (Phi) is 4.74. The predicted octanol–water partition coefficient (Wildman–Crippen LogP) is 1.96. The molecule has 0 bridgehead atoms. The molecule has 8 nitrogen and oxygen atoms in total. The van der Waals surface area contributed by atoms with Gasteiger partial charge in [-0.3, -0.25) is 0 Å². The third-order valence-electron chi connectivity index (χ3n) is 2.51. The molecule has 0 saturated heterocycles. The van der Waals surface area contributed by atoms with Crippen molar-refractivity contribution >= 4 is 23.5 Å². The zero-order valence-corrected chi connectivity index (χ0v) is 10.4. The monoisotopic (exact) mass is 270 g/mol. The molecule has 0 aromatic heterocycles. The summed E-state index contributed by atoms with van der Waals surface area (Å²) in [6.07, 6.45) is 5.38. The van der Waals surface area contributed by atoms with E-state index in [-0.39, 0.29) is 22.9 Å². The maximum atomic E-state index is 10.5. The van der Waals surface area contributed by atoms with Crippen LogP contribution >= 0.6 is 0 Å². The molecule has 0 amide bonds. The van der Waals surface area contributed by atoms with E-state index in [0.717, 1.165) is 0 Å². The lowest BCUT2D eigenvalue weighted by atomic mass is 10.0. The molecule has 20 heavy (non-hydrogen) atoms. The van der Waals surface area contributed by atoms with E-state index in [2.05, 4.69) is 9.98 Å². The van der Waals surface area contributed by atoms with Crippen LogP contribution in [0.25, 0.3) is 0 Å². The number of nitriles is 2. The molecule has 0 atom stereocenters. The van der Waals surface area contributed by atoms with Gasteiger partial charge in [-0.1, -0.05) is 0 Å². The summed E-state index contributed by atoms with van der Waals surface area (Å²) < 4.78 is 9.45. The van der Waals surface area contributed by atoms with Gasteiger partial charge in [0.05, 0.1) is 0 Å². The highest BCUT2D eigenvalue weighted by atomic mass is 16.5. The van der Waals surface area contributed by atoms with Gasteiger partial charge in [0.2, 0.25) is 12.2 Å². The second-order valence-corrected chi connectivity index (χ2v) is 3.40. The third kappa shape index (κ3) is 2.53. The Morgan fingerprint density at radius 3 is 1.45 bits per heavy atom. The summed E-state index contributed by atoms with van der Waals surface area (Å²) in [6.45, 7) is 3.12. The Hall–Kier alpha value is -3.44. The minimum atomic E-state index is -0.238. The smallest absolute Gasteiger partial charge is 0.292 e. The largest absolute Gasteiger partial charge is 0.385 e. The second kappa shape index (κ2) is 6.48. The average molecular weight is 270 g/mol. The van der Waals surface area contributed by atoms with E-state index in [0.29, 0.717) is 11.1 Å². The topological polar surface area (TPSA) is 125 Å². The maximum Gasteiger partial charge on any atom is 0.292 e. The van der Waals surface area contributed by atoms with Gasteiger partial charge < -0.3 is 9.47 Å². The SMILES string of the molecule is Cc1c(C)c(OC#N)c(N=C=O)c(N=C=O)c1OC#N. The number of aliphatic imine (C=N–C) groups is 2. The van der Waals surface area contributed by atoms with Gasteiger partial charge in [-0.25, -0.2) is 9.59 Å². The molecule has 0 fully saturated rings. The van der Waals surface area contributed by atoms with Crippen LogP contribution in [0.3, 0.4) is 0 Å². The molecular formula is C12H6N4O4. The number of rotatable bonds is 4. The summed E-state index contributed by atoms with van der Waals surface area (Å²) in [5.41, 5.74) is 0.322.